The maximum Gasteiger partial charge on any atom is 0.252 e. The van der Waals surface area contributed by atoms with Gasteiger partial charge in [0, 0.05) is 6.07 Å². The van der Waals surface area contributed by atoms with Gasteiger partial charge in [0.05, 0.1) is 6.61 Å². The van der Waals surface area contributed by atoms with Crippen LogP contribution in [0.5, 0.6) is 0 Å². The van der Waals surface area contributed by atoms with Crippen LogP contribution < -0.4 is 4.57 Å². The maximum absolute atomic E-state index is 5.75. The van der Waals surface area contributed by atoms with Crippen molar-refractivity contribution in [1.29, 1.82) is 0 Å². The van der Waals surface area contributed by atoms with Crippen molar-refractivity contribution in [2.45, 2.75) is 13.7 Å². The van der Waals surface area contributed by atoms with Gasteiger partial charge in [-0.3, -0.25) is 0 Å². The molecule has 0 unspecified atom stereocenters. The second-order valence-corrected chi connectivity index (χ2v) is 2.59. The van der Waals surface area contributed by atoms with Gasteiger partial charge in [-0.2, -0.15) is 4.57 Å². The Morgan fingerprint density at radius 2 is 2.45 bits per heavy atom. The lowest BCUT2D eigenvalue weighted by Gasteiger charge is -1.95. The first-order chi connectivity index (χ1) is 5.33. The second-order valence-electron chi connectivity index (χ2n) is 2.16. The molecule has 0 aliphatic rings. The van der Waals surface area contributed by atoms with Crippen molar-refractivity contribution in [2.75, 3.05) is 6.61 Å². The fraction of sp³-hybridized carbons (Fsp3) is 0.375. The van der Waals surface area contributed by atoms with E-state index in [1.165, 1.54) is 0 Å². The van der Waals surface area contributed by atoms with Crippen LogP contribution in [0.4, 0.5) is 0 Å². The lowest BCUT2D eigenvalue weighted by molar-refractivity contribution is -0.732. The third-order valence-electron chi connectivity index (χ3n) is 1.27. The van der Waals surface area contributed by atoms with Crippen molar-refractivity contribution in [3.05, 3.63) is 29.5 Å². The average Bonchev–Trinajstić information content (AvgIpc) is 2.01. The molecule has 1 heterocycles. The van der Waals surface area contributed by atoms with Gasteiger partial charge in [0.25, 0.3) is 6.73 Å². The Balaban J connectivity index is 2.56. The number of hydrogen-bond acceptors (Lipinski definition) is 1. The summed E-state index contributed by atoms with van der Waals surface area (Å²) in [6.07, 6.45) is 3.75. The quantitative estimate of drug-likeness (QED) is 0.632. The summed E-state index contributed by atoms with van der Waals surface area (Å²) in [4.78, 5) is 0. The van der Waals surface area contributed by atoms with Crippen molar-refractivity contribution in [3.8, 4) is 0 Å². The highest BCUT2D eigenvalue weighted by Gasteiger charge is 1.98. The molecule has 1 aromatic heterocycles. The summed E-state index contributed by atoms with van der Waals surface area (Å²) in [5.74, 6) is 0. The number of nitrogens with zero attached hydrogens (tertiary/aromatic N) is 1. The van der Waals surface area contributed by atoms with Gasteiger partial charge in [-0.25, -0.2) is 0 Å². The van der Waals surface area contributed by atoms with Crippen molar-refractivity contribution in [1.82, 2.24) is 0 Å². The van der Waals surface area contributed by atoms with Gasteiger partial charge in [0.15, 0.2) is 12.4 Å². The van der Waals surface area contributed by atoms with Gasteiger partial charge in [0.1, 0.15) is 5.02 Å². The Labute approximate surface area is 71.4 Å². The largest absolute Gasteiger partial charge is 0.324 e. The third kappa shape index (κ3) is 2.87. The topological polar surface area (TPSA) is 13.1 Å². The number of ether oxygens (including phenoxy) is 1. The van der Waals surface area contributed by atoms with Gasteiger partial charge in [-0.15, -0.1) is 0 Å². The zero-order valence-electron chi connectivity index (χ0n) is 6.46. The van der Waals surface area contributed by atoms with Gasteiger partial charge in [0.2, 0.25) is 0 Å². The molecule has 11 heavy (non-hydrogen) atoms. The molecule has 0 radical (unpaired) electrons. The number of aromatic nitrogens is 1. The van der Waals surface area contributed by atoms with E-state index in [-0.39, 0.29) is 0 Å². The lowest BCUT2D eigenvalue weighted by atomic mass is 10.5. The van der Waals surface area contributed by atoms with E-state index in [0.29, 0.717) is 6.73 Å². The summed E-state index contributed by atoms with van der Waals surface area (Å²) in [5, 5.41) is 0.729. The zero-order valence-corrected chi connectivity index (χ0v) is 7.21. The molecule has 0 saturated carbocycles. The molecule has 0 atom stereocenters. The van der Waals surface area contributed by atoms with Gasteiger partial charge < -0.3 is 4.74 Å². The molecule has 0 bridgehead atoms. The van der Waals surface area contributed by atoms with Crippen molar-refractivity contribution < 1.29 is 9.30 Å². The van der Waals surface area contributed by atoms with E-state index in [9.17, 15) is 0 Å². The van der Waals surface area contributed by atoms with Crippen molar-refractivity contribution in [2.24, 2.45) is 0 Å². The van der Waals surface area contributed by atoms with Gasteiger partial charge in [-0.1, -0.05) is 11.6 Å². The highest BCUT2D eigenvalue weighted by molar-refractivity contribution is 6.30. The molecule has 3 heteroatoms. The van der Waals surface area contributed by atoms with Crippen molar-refractivity contribution in [3.63, 3.8) is 0 Å². The standard InChI is InChI=1S/C8H11ClNO/c1-2-11-7-10-5-3-4-8(9)6-10/h3-6H,2,7H2,1H3/q+1. The average molecular weight is 173 g/mol. The van der Waals surface area contributed by atoms with E-state index < -0.39 is 0 Å². The molecule has 0 aliphatic heterocycles. The predicted octanol–water partition coefficient (Wildman–Crippen LogP) is 1.62. The third-order valence-corrected chi connectivity index (χ3v) is 1.49. The fourth-order valence-corrected chi connectivity index (χ4v) is 0.965. The molecule has 0 saturated heterocycles. The number of pyridine rings is 1. The number of halogens is 1. The Hall–Kier alpha value is -0.600. The molecule has 1 rings (SSSR count). The van der Waals surface area contributed by atoms with Crippen LogP contribution in [0.15, 0.2) is 24.5 Å². The molecule has 0 spiro atoms. The van der Waals surface area contributed by atoms with Crippen molar-refractivity contribution >= 4 is 11.6 Å². The molecular formula is C8H11ClNO+. The van der Waals surface area contributed by atoms with E-state index >= 15 is 0 Å². The summed E-state index contributed by atoms with van der Waals surface area (Å²) in [7, 11) is 0. The molecule has 0 N–H and O–H groups in total. The normalized spacial score (nSPS) is 10.0. The number of rotatable bonds is 3. The predicted molar refractivity (Wildman–Crippen MR) is 43.3 cm³/mol. The smallest absolute Gasteiger partial charge is 0.252 e. The summed E-state index contributed by atoms with van der Waals surface area (Å²) in [5.41, 5.74) is 0. The monoisotopic (exact) mass is 172 g/mol. The molecular weight excluding hydrogens is 162 g/mol. The Morgan fingerprint density at radius 3 is 3.09 bits per heavy atom. The molecule has 60 valence electrons. The van der Waals surface area contributed by atoms with Crippen LogP contribution in [0.2, 0.25) is 5.02 Å². The van der Waals surface area contributed by atoms with Crippen LogP contribution in [0.3, 0.4) is 0 Å². The van der Waals surface area contributed by atoms with Crippen LogP contribution in [0.25, 0.3) is 0 Å². The highest BCUT2D eigenvalue weighted by Crippen LogP contribution is 2.00. The SMILES string of the molecule is CCOC[n+]1cccc(Cl)c1. The van der Waals surface area contributed by atoms with E-state index in [1.54, 1.807) is 0 Å². The molecule has 0 aliphatic carbocycles. The van der Waals surface area contributed by atoms with Gasteiger partial charge in [-0.05, 0) is 13.0 Å². The Kier molecular flexibility index (Phi) is 3.33. The summed E-state index contributed by atoms with van der Waals surface area (Å²) >= 11 is 5.75. The Morgan fingerprint density at radius 1 is 1.64 bits per heavy atom. The molecule has 0 fully saturated rings. The van der Waals surface area contributed by atoms with E-state index in [2.05, 4.69) is 0 Å². The minimum atomic E-state index is 0.567. The first-order valence-electron chi connectivity index (χ1n) is 3.55. The highest BCUT2D eigenvalue weighted by atomic mass is 35.5. The van der Waals surface area contributed by atoms with Crippen LogP contribution in [-0.2, 0) is 11.5 Å². The summed E-state index contributed by atoms with van der Waals surface area (Å²) in [6, 6.07) is 3.73. The summed E-state index contributed by atoms with van der Waals surface area (Å²) in [6.45, 7) is 3.25. The Bertz CT molecular complexity index is 227. The van der Waals surface area contributed by atoms with Crippen LogP contribution >= 0.6 is 11.6 Å². The van der Waals surface area contributed by atoms with Crippen LogP contribution in [0.1, 0.15) is 6.92 Å². The van der Waals surface area contributed by atoms with Gasteiger partial charge >= 0.3 is 0 Å². The molecule has 0 amide bonds. The van der Waals surface area contributed by atoms with E-state index in [0.717, 1.165) is 11.6 Å². The zero-order chi connectivity index (χ0) is 8.10. The second kappa shape index (κ2) is 4.31. The van der Waals surface area contributed by atoms with Crippen LogP contribution in [0, 0.1) is 0 Å². The van der Waals surface area contributed by atoms with E-state index in [4.69, 9.17) is 16.3 Å². The van der Waals surface area contributed by atoms with E-state index in [1.807, 2.05) is 36.0 Å². The molecule has 2 nitrogen and oxygen atoms in total. The summed E-state index contributed by atoms with van der Waals surface area (Å²) < 4.78 is 7.07. The minimum Gasteiger partial charge on any atom is -0.324 e. The molecule has 0 aromatic carbocycles. The van der Waals surface area contributed by atoms with Crippen LogP contribution in [-0.4, -0.2) is 6.61 Å². The minimum absolute atomic E-state index is 0.567. The number of hydrogen-bond donors (Lipinski definition) is 0. The maximum atomic E-state index is 5.75. The first kappa shape index (κ1) is 8.50. The first-order valence-corrected chi connectivity index (χ1v) is 3.93. The molecule has 1 aromatic rings. The fourth-order valence-electron chi connectivity index (χ4n) is 0.767. The lowest BCUT2D eigenvalue weighted by Crippen LogP contribution is -2.33.